The molecule has 1 aliphatic heterocycles. The lowest BCUT2D eigenvalue weighted by atomic mass is 9.98. The second-order valence-corrected chi connectivity index (χ2v) is 5.24. The molecule has 1 aromatic carbocycles. The number of aliphatic hydroxyl groups is 2. The first kappa shape index (κ1) is 13.3. The maximum Gasteiger partial charge on any atom is 0.146 e. The van der Waals surface area contributed by atoms with Crippen molar-refractivity contribution in [2.45, 2.75) is 38.4 Å². The number of anilines is 1. The zero-order chi connectivity index (χ0) is 13.2. The molecule has 1 aliphatic rings. The number of aliphatic hydroxyl groups excluding tert-OH is 1. The molecule has 0 aromatic heterocycles. The Morgan fingerprint density at radius 3 is 2.83 bits per heavy atom. The zero-order valence-electron chi connectivity index (χ0n) is 10.7. The van der Waals surface area contributed by atoms with Crippen molar-refractivity contribution in [3.05, 3.63) is 29.6 Å². The van der Waals surface area contributed by atoms with Gasteiger partial charge in [0.05, 0.1) is 17.9 Å². The average Bonchev–Trinajstić information content (AvgIpc) is 2.50. The number of hydrogen-bond acceptors (Lipinski definition) is 3. The Morgan fingerprint density at radius 1 is 1.33 bits per heavy atom. The molecule has 4 heteroatoms. The van der Waals surface area contributed by atoms with E-state index in [0.717, 1.165) is 12.8 Å². The Kier molecular flexibility index (Phi) is 3.88. The molecule has 18 heavy (non-hydrogen) atoms. The van der Waals surface area contributed by atoms with Crippen LogP contribution in [-0.4, -0.2) is 28.9 Å². The molecule has 1 heterocycles. The summed E-state index contributed by atoms with van der Waals surface area (Å²) >= 11 is 0. The average molecular weight is 253 g/mol. The van der Waals surface area contributed by atoms with Gasteiger partial charge in [-0.1, -0.05) is 12.1 Å². The summed E-state index contributed by atoms with van der Waals surface area (Å²) in [6, 6.07) is 4.76. The van der Waals surface area contributed by atoms with Gasteiger partial charge in [-0.2, -0.15) is 0 Å². The molecule has 1 fully saturated rings. The van der Waals surface area contributed by atoms with Crippen molar-refractivity contribution < 1.29 is 14.6 Å². The van der Waals surface area contributed by atoms with E-state index in [-0.39, 0.29) is 12.4 Å². The molecule has 0 spiro atoms. The highest BCUT2D eigenvalue weighted by molar-refractivity contribution is 5.54. The van der Waals surface area contributed by atoms with Crippen LogP contribution in [0.5, 0.6) is 0 Å². The van der Waals surface area contributed by atoms with Gasteiger partial charge in [-0.3, -0.25) is 0 Å². The maximum atomic E-state index is 13.9. The molecule has 1 saturated heterocycles. The van der Waals surface area contributed by atoms with Crippen molar-refractivity contribution in [1.82, 2.24) is 0 Å². The third kappa shape index (κ3) is 2.82. The van der Waals surface area contributed by atoms with E-state index in [4.69, 9.17) is 0 Å². The number of nitrogens with zero attached hydrogens (tertiary/aromatic N) is 1. The van der Waals surface area contributed by atoms with E-state index < -0.39 is 5.60 Å². The summed E-state index contributed by atoms with van der Waals surface area (Å²) in [6.07, 6.45) is 2.17. The Hall–Kier alpha value is -1.13. The van der Waals surface area contributed by atoms with Gasteiger partial charge in [0.15, 0.2) is 0 Å². The van der Waals surface area contributed by atoms with Gasteiger partial charge in [0.1, 0.15) is 5.82 Å². The van der Waals surface area contributed by atoms with Crippen molar-refractivity contribution >= 4 is 5.69 Å². The lowest BCUT2D eigenvalue weighted by Gasteiger charge is -2.26. The zero-order valence-corrected chi connectivity index (χ0v) is 10.7. The molecule has 1 aromatic rings. The lowest BCUT2D eigenvalue weighted by Crippen LogP contribution is -2.29. The second kappa shape index (κ2) is 5.24. The normalized spacial score (nSPS) is 25.0. The third-order valence-electron chi connectivity index (χ3n) is 3.62. The van der Waals surface area contributed by atoms with Crippen molar-refractivity contribution in [2.24, 2.45) is 0 Å². The fraction of sp³-hybridized carbons (Fsp3) is 0.571. The summed E-state index contributed by atoms with van der Waals surface area (Å²) < 4.78 is 13.9. The smallest absolute Gasteiger partial charge is 0.146 e. The first-order valence-electron chi connectivity index (χ1n) is 6.39. The van der Waals surface area contributed by atoms with Gasteiger partial charge in [0, 0.05) is 18.7 Å². The molecule has 100 valence electrons. The first-order valence-corrected chi connectivity index (χ1v) is 6.39. The Morgan fingerprint density at radius 2 is 2.11 bits per heavy atom. The molecule has 3 nitrogen and oxygen atoms in total. The highest BCUT2D eigenvalue weighted by atomic mass is 19.1. The highest BCUT2D eigenvalue weighted by Crippen LogP contribution is 2.29. The SMILES string of the molecule is CC1(O)CCCN(c2c(F)cccc2CO)CC1. The minimum Gasteiger partial charge on any atom is -0.392 e. The standard InChI is InChI=1S/C14H20FNO2/c1-14(18)6-3-8-16(9-7-14)13-11(10-17)4-2-5-12(13)15/h2,4-5,17-18H,3,6-10H2,1H3. The Bertz CT molecular complexity index is 420. The first-order chi connectivity index (χ1) is 8.53. The van der Waals surface area contributed by atoms with E-state index in [9.17, 15) is 14.6 Å². The van der Waals surface area contributed by atoms with Crippen LogP contribution in [0.1, 0.15) is 31.7 Å². The van der Waals surface area contributed by atoms with Crippen molar-refractivity contribution in [2.75, 3.05) is 18.0 Å². The molecular formula is C14H20FNO2. The van der Waals surface area contributed by atoms with Gasteiger partial charge in [0.25, 0.3) is 0 Å². The van der Waals surface area contributed by atoms with Crippen LogP contribution in [0.15, 0.2) is 18.2 Å². The van der Waals surface area contributed by atoms with Gasteiger partial charge in [-0.15, -0.1) is 0 Å². The molecule has 0 aliphatic carbocycles. The molecule has 0 saturated carbocycles. The topological polar surface area (TPSA) is 43.7 Å². The number of para-hydroxylation sites is 1. The molecule has 2 N–H and O–H groups in total. The summed E-state index contributed by atoms with van der Waals surface area (Å²) in [5.74, 6) is -0.303. The summed E-state index contributed by atoms with van der Waals surface area (Å²) in [5.41, 5.74) is 0.425. The predicted molar refractivity (Wildman–Crippen MR) is 69.0 cm³/mol. The van der Waals surface area contributed by atoms with E-state index in [1.165, 1.54) is 6.07 Å². The largest absolute Gasteiger partial charge is 0.392 e. The minimum absolute atomic E-state index is 0.167. The van der Waals surface area contributed by atoms with Crippen molar-refractivity contribution in [3.63, 3.8) is 0 Å². The van der Waals surface area contributed by atoms with E-state index >= 15 is 0 Å². The number of halogens is 1. The summed E-state index contributed by atoms with van der Waals surface area (Å²) in [7, 11) is 0. The van der Waals surface area contributed by atoms with Crippen LogP contribution in [0.25, 0.3) is 0 Å². The van der Waals surface area contributed by atoms with Gasteiger partial charge in [0.2, 0.25) is 0 Å². The monoisotopic (exact) mass is 253 g/mol. The van der Waals surface area contributed by atoms with Crippen LogP contribution < -0.4 is 4.90 Å². The van der Waals surface area contributed by atoms with E-state index in [1.54, 1.807) is 12.1 Å². The van der Waals surface area contributed by atoms with Gasteiger partial charge < -0.3 is 15.1 Å². The van der Waals surface area contributed by atoms with E-state index in [2.05, 4.69) is 0 Å². The fourth-order valence-corrected chi connectivity index (χ4v) is 2.53. The van der Waals surface area contributed by atoms with Crippen LogP contribution in [0, 0.1) is 5.82 Å². The maximum absolute atomic E-state index is 13.9. The van der Waals surface area contributed by atoms with Gasteiger partial charge >= 0.3 is 0 Å². The van der Waals surface area contributed by atoms with Crippen molar-refractivity contribution in [1.29, 1.82) is 0 Å². The third-order valence-corrected chi connectivity index (χ3v) is 3.62. The van der Waals surface area contributed by atoms with Crippen molar-refractivity contribution in [3.8, 4) is 0 Å². The molecule has 0 amide bonds. The summed E-state index contributed by atoms with van der Waals surface area (Å²) in [5, 5.41) is 19.3. The molecule has 1 unspecified atom stereocenters. The quantitative estimate of drug-likeness (QED) is 0.848. The summed E-state index contributed by atoms with van der Waals surface area (Å²) in [4.78, 5) is 1.93. The molecule has 2 rings (SSSR count). The lowest BCUT2D eigenvalue weighted by molar-refractivity contribution is 0.0481. The Balaban J connectivity index is 2.26. The number of benzene rings is 1. The summed E-state index contributed by atoms with van der Waals surface area (Å²) in [6.45, 7) is 2.98. The minimum atomic E-state index is -0.667. The highest BCUT2D eigenvalue weighted by Gasteiger charge is 2.26. The van der Waals surface area contributed by atoms with Crippen LogP contribution in [0.2, 0.25) is 0 Å². The molecular weight excluding hydrogens is 233 g/mol. The van der Waals surface area contributed by atoms with Gasteiger partial charge in [-0.25, -0.2) is 4.39 Å². The Labute approximate surface area is 107 Å². The number of rotatable bonds is 2. The van der Waals surface area contributed by atoms with Crippen LogP contribution >= 0.6 is 0 Å². The predicted octanol–water partition coefficient (Wildman–Crippen LogP) is 2.06. The second-order valence-electron chi connectivity index (χ2n) is 5.24. The van der Waals surface area contributed by atoms with Gasteiger partial charge in [-0.05, 0) is 32.3 Å². The van der Waals surface area contributed by atoms with E-state index in [1.807, 2.05) is 11.8 Å². The fourth-order valence-electron chi connectivity index (χ4n) is 2.53. The molecule has 0 radical (unpaired) electrons. The van der Waals surface area contributed by atoms with Crippen LogP contribution in [0.3, 0.4) is 0 Å². The van der Waals surface area contributed by atoms with Crippen LogP contribution in [0.4, 0.5) is 10.1 Å². The van der Waals surface area contributed by atoms with Crippen LogP contribution in [-0.2, 0) is 6.61 Å². The number of hydrogen-bond donors (Lipinski definition) is 2. The molecule has 1 atom stereocenters. The molecule has 0 bridgehead atoms. The van der Waals surface area contributed by atoms with E-state index in [0.29, 0.717) is 30.8 Å².